The molecule has 1 saturated carbocycles. The summed E-state index contributed by atoms with van der Waals surface area (Å²) in [6, 6.07) is 0. The number of rotatable bonds is 1. The van der Waals surface area contributed by atoms with Gasteiger partial charge in [0.2, 0.25) is 0 Å². The second-order valence-electron chi connectivity index (χ2n) is 5.71. The fraction of sp³-hybridized carbons (Fsp3) is 0.692. The van der Waals surface area contributed by atoms with Crippen LogP contribution in [0.1, 0.15) is 57.0 Å². The Morgan fingerprint density at radius 2 is 1.82 bits per heavy atom. The van der Waals surface area contributed by atoms with Crippen molar-refractivity contribution in [2.24, 2.45) is 5.41 Å². The van der Waals surface area contributed by atoms with Gasteiger partial charge in [-0.2, -0.15) is 0 Å². The Morgan fingerprint density at radius 1 is 1.24 bits per heavy atom. The fourth-order valence-corrected chi connectivity index (χ4v) is 2.79. The molecule has 4 heteroatoms. The minimum atomic E-state index is 0.477. The lowest BCUT2D eigenvalue weighted by Gasteiger charge is -2.33. The van der Waals surface area contributed by atoms with E-state index in [1.807, 2.05) is 6.92 Å². The van der Waals surface area contributed by atoms with Crippen molar-refractivity contribution in [2.75, 3.05) is 0 Å². The van der Waals surface area contributed by atoms with Crippen LogP contribution >= 0.6 is 27.5 Å². The van der Waals surface area contributed by atoms with Gasteiger partial charge in [-0.25, -0.2) is 9.97 Å². The van der Waals surface area contributed by atoms with E-state index in [0.717, 1.165) is 16.0 Å². The fourth-order valence-electron chi connectivity index (χ4n) is 2.38. The molecule has 2 nitrogen and oxygen atoms in total. The first-order valence-corrected chi connectivity index (χ1v) is 7.26. The highest BCUT2D eigenvalue weighted by atomic mass is 79.9. The van der Waals surface area contributed by atoms with E-state index >= 15 is 0 Å². The zero-order chi connectivity index (χ0) is 12.6. The Bertz CT molecular complexity index is 398. The van der Waals surface area contributed by atoms with Crippen LogP contribution in [0.5, 0.6) is 0 Å². The van der Waals surface area contributed by atoms with Crippen molar-refractivity contribution >= 4 is 27.5 Å². The predicted molar refractivity (Wildman–Crippen MR) is 74.5 cm³/mol. The highest BCUT2D eigenvalue weighted by Crippen LogP contribution is 2.42. The summed E-state index contributed by atoms with van der Waals surface area (Å²) in [6.07, 6.45) is 4.83. The standard InChI is InChI=1S/C13H18BrClN2/c1-8-10(14)11(15)17-12(16-8)9-4-6-13(2,3)7-5-9/h9H,4-7H2,1-3H3. The van der Waals surface area contributed by atoms with E-state index in [0.29, 0.717) is 16.5 Å². The highest BCUT2D eigenvalue weighted by Gasteiger charge is 2.29. The third-order valence-electron chi connectivity index (χ3n) is 3.70. The van der Waals surface area contributed by atoms with E-state index in [9.17, 15) is 0 Å². The molecule has 0 bridgehead atoms. The lowest BCUT2D eigenvalue weighted by atomic mass is 9.73. The molecule has 0 aliphatic heterocycles. The molecule has 1 heterocycles. The predicted octanol–water partition coefficient (Wildman–Crippen LogP) is 4.88. The number of aromatic nitrogens is 2. The first-order chi connectivity index (χ1) is 7.89. The SMILES string of the molecule is Cc1nc(C2CCC(C)(C)CC2)nc(Cl)c1Br. The first kappa shape index (κ1) is 13.3. The zero-order valence-electron chi connectivity index (χ0n) is 10.6. The topological polar surface area (TPSA) is 25.8 Å². The van der Waals surface area contributed by atoms with Crippen LogP contribution in [0, 0.1) is 12.3 Å². The first-order valence-electron chi connectivity index (χ1n) is 6.08. The number of halogens is 2. The van der Waals surface area contributed by atoms with Crippen molar-refractivity contribution in [3.05, 3.63) is 21.1 Å². The summed E-state index contributed by atoms with van der Waals surface area (Å²) in [5, 5.41) is 0.539. The van der Waals surface area contributed by atoms with E-state index in [1.54, 1.807) is 0 Å². The average molecular weight is 318 g/mol. The van der Waals surface area contributed by atoms with Crippen LogP contribution in [0.15, 0.2) is 4.47 Å². The second kappa shape index (κ2) is 4.85. The summed E-state index contributed by atoms with van der Waals surface area (Å²) in [4.78, 5) is 8.97. The summed E-state index contributed by atoms with van der Waals surface area (Å²) in [5.74, 6) is 1.40. The summed E-state index contributed by atoms with van der Waals surface area (Å²) in [5.41, 5.74) is 1.41. The smallest absolute Gasteiger partial charge is 0.147 e. The number of aryl methyl sites for hydroxylation is 1. The molecule has 94 valence electrons. The van der Waals surface area contributed by atoms with E-state index in [-0.39, 0.29) is 0 Å². The molecule has 0 aromatic carbocycles. The Balaban J connectivity index is 2.19. The second-order valence-corrected chi connectivity index (χ2v) is 6.86. The Kier molecular flexibility index (Phi) is 3.79. The highest BCUT2D eigenvalue weighted by molar-refractivity contribution is 9.10. The maximum atomic E-state index is 6.10. The molecule has 0 saturated heterocycles. The van der Waals surface area contributed by atoms with E-state index in [2.05, 4.69) is 39.7 Å². The molecule has 0 amide bonds. The minimum Gasteiger partial charge on any atom is -0.237 e. The molecule has 1 aromatic heterocycles. The molecule has 0 unspecified atom stereocenters. The molecule has 1 aliphatic rings. The molecule has 1 aliphatic carbocycles. The summed E-state index contributed by atoms with van der Waals surface area (Å²) in [6.45, 7) is 6.64. The Morgan fingerprint density at radius 3 is 2.35 bits per heavy atom. The van der Waals surface area contributed by atoms with Crippen LogP contribution in [0.25, 0.3) is 0 Å². The van der Waals surface area contributed by atoms with Crippen LogP contribution in [-0.4, -0.2) is 9.97 Å². The largest absolute Gasteiger partial charge is 0.237 e. The van der Waals surface area contributed by atoms with Crippen molar-refractivity contribution < 1.29 is 0 Å². The monoisotopic (exact) mass is 316 g/mol. The van der Waals surface area contributed by atoms with Crippen LogP contribution in [0.4, 0.5) is 0 Å². The van der Waals surface area contributed by atoms with Gasteiger partial charge in [-0.15, -0.1) is 0 Å². The molecular weight excluding hydrogens is 300 g/mol. The van der Waals surface area contributed by atoms with Gasteiger partial charge in [-0.05, 0) is 54.0 Å². The van der Waals surface area contributed by atoms with Gasteiger partial charge in [0, 0.05) is 5.92 Å². The zero-order valence-corrected chi connectivity index (χ0v) is 12.9. The van der Waals surface area contributed by atoms with Crippen molar-refractivity contribution in [1.82, 2.24) is 9.97 Å². The summed E-state index contributed by atoms with van der Waals surface area (Å²) >= 11 is 9.49. The van der Waals surface area contributed by atoms with Crippen LogP contribution in [-0.2, 0) is 0 Å². The quantitative estimate of drug-likeness (QED) is 0.690. The minimum absolute atomic E-state index is 0.477. The molecule has 17 heavy (non-hydrogen) atoms. The molecule has 2 rings (SSSR count). The van der Waals surface area contributed by atoms with Crippen molar-refractivity contribution in [3.63, 3.8) is 0 Å². The van der Waals surface area contributed by atoms with Gasteiger partial charge < -0.3 is 0 Å². The van der Waals surface area contributed by atoms with Crippen molar-refractivity contribution in [3.8, 4) is 0 Å². The normalized spacial score (nSPS) is 20.5. The van der Waals surface area contributed by atoms with E-state index in [4.69, 9.17) is 11.6 Å². The van der Waals surface area contributed by atoms with Gasteiger partial charge >= 0.3 is 0 Å². The molecule has 1 aromatic rings. The van der Waals surface area contributed by atoms with Crippen LogP contribution < -0.4 is 0 Å². The van der Waals surface area contributed by atoms with Gasteiger partial charge in [-0.1, -0.05) is 25.4 Å². The maximum Gasteiger partial charge on any atom is 0.147 e. The van der Waals surface area contributed by atoms with Gasteiger partial charge in [0.25, 0.3) is 0 Å². The lowest BCUT2D eigenvalue weighted by molar-refractivity contribution is 0.220. The van der Waals surface area contributed by atoms with Crippen molar-refractivity contribution in [2.45, 2.75) is 52.4 Å². The Hall–Kier alpha value is -0.150. The maximum absolute atomic E-state index is 6.10. The molecule has 1 fully saturated rings. The molecular formula is C13H18BrClN2. The van der Waals surface area contributed by atoms with E-state index < -0.39 is 0 Å². The third kappa shape index (κ3) is 3.00. The molecule has 0 radical (unpaired) electrons. The number of hydrogen-bond acceptors (Lipinski definition) is 2. The molecule has 0 N–H and O–H groups in total. The molecule has 0 spiro atoms. The van der Waals surface area contributed by atoms with Gasteiger partial charge in [0.05, 0.1) is 10.2 Å². The Labute approximate surface area is 116 Å². The van der Waals surface area contributed by atoms with Crippen LogP contribution in [0.2, 0.25) is 5.15 Å². The van der Waals surface area contributed by atoms with E-state index in [1.165, 1.54) is 25.7 Å². The number of nitrogens with zero attached hydrogens (tertiary/aromatic N) is 2. The summed E-state index contributed by atoms with van der Waals surface area (Å²) < 4.78 is 0.819. The van der Waals surface area contributed by atoms with Gasteiger partial charge in [0.1, 0.15) is 11.0 Å². The number of hydrogen-bond donors (Lipinski definition) is 0. The van der Waals surface area contributed by atoms with Gasteiger partial charge in [-0.3, -0.25) is 0 Å². The van der Waals surface area contributed by atoms with Crippen LogP contribution in [0.3, 0.4) is 0 Å². The third-order valence-corrected chi connectivity index (χ3v) is 5.15. The summed E-state index contributed by atoms with van der Waals surface area (Å²) in [7, 11) is 0. The average Bonchev–Trinajstić information content (AvgIpc) is 2.25. The van der Waals surface area contributed by atoms with Crippen molar-refractivity contribution in [1.29, 1.82) is 0 Å². The lowest BCUT2D eigenvalue weighted by Crippen LogP contribution is -2.21. The molecule has 0 atom stereocenters. The van der Waals surface area contributed by atoms with Gasteiger partial charge in [0.15, 0.2) is 0 Å².